The van der Waals surface area contributed by atoms with Crippen molar-refractivity contribution < 1.29 is 4.74 Å². The molecule has 0 saturated carbocycles. The van der Waals surface area contributed by atoms with E-state index in [1.807, 2.05) is 0 Å². The van der Waals surface area contributed by atoms with E-state index in [2.05, 4.69) is 9.97 Å². The van der Waals surface area contributed by atoms with E-state index in [1.54, 1.807) is 7.11 Å². The van der Waals surface area contributed by atoms with Gasteiger partial charge in [-0.3, -0.25) is 0 Å². The van der Waals surface area contributed by atoms with Crippen LogP contribution in [0.4, 0.5) is 5.82 Å². The highest BCUT2D eigenvalue weighted by atomic mass is 35.5. The Morgan fingerprint density at radius 2 is 2.38 bits per heavy atom. The molecule has 72 valence electrons. The number of aromatic nitrogens is 2. The van der Waals surface area contributed by atoms with E-state index in [4.69, 9.17) is 22.1 Å². The Bertz CT molecular complexity index is 284. The SMILES string of the molecule is COCCSc1ncnc(N)c1Cl. The van der Waals surface area contributed by atoms with Crippen molar-refractivity contribution in [1.82, 2.24) is 9.97 Å². The van der Waals surface area contributed by atoms with Gasteiger partial charge >= 0.3 is 0 Å². The smallest absolute Gasteiger partial charge is 0.146 e. The predicted molar refractivity (Wildman–Crippen MR) is 54.1 cm³/mol. The summed E-state index contributed by atoms with van der Waals surface area (Å²) in [6.07, 6.45) is 1.40. The number of nitrogens with two attached hydrogens (primary N) is 1. The second-order valence-corrected chi connectivity index (χ2v) is 3.68. The second-order valence-electron chi connectivity index (χ2n) is 2.22. The van der Waals surface area contributed by atoms with Crippen LogP contribution in [-0.2, 0) is 4.74 Å². The van der Waals surface area contributed by atoms with E-state index in [9.17, 15) is 0 Å². The first kappa shape index (κ1) is 10.6. The molecule has 1 aromatic rings. The van der Waals surface area contributed by atoms with Crippen molar-refractivity contribution in [2.75, 3.05) is 25.2 Å². The summed E-state index contributed by atoms with van der Waals surface area (Å²) in [4.78, 5) is 7.75. The van der Waals surface area contributed by atoms with Gasteiger partial charge in [-0.2, -0.15) is 0 Å². The van der Waals surface area contributed by atoms with Gasteiger partial charge in [0.2, 0.25) is 0 Å². The lowest BCUT2D eigenvalue weighted by Gasteiger charge is -2.03. The summed E-state index contributed by atoms with van der Waals surface area (Å²) in [5.41, 5.74) is 5.50. The van der Waals surface area contributed by atoms with Gasteiger partial charge in [0.15, 0.2) is 0 Å². The van der Waals surface area contributed by atoms with Crippen LogP contribution in [0.2, 0.25) is 5.02 Å². The van der Waals surface area contributed by atoms with Gasteiger partial charge in [0.05, 0.1) is 6.61 Å². The maximum absolute atomic E-state index is 5.86. The fourth-order valence-electron chi connectivity index (χ4n) is 0.689. The Balaban J connectivity index is 2.61. The lowest BCUT2D eigenvalue weighted by atomic mass is 10.6. The van der Waals surface area contributed by atoms with Crippen LogP contribution >= 0.6 is 23.4 Å². The number of hydrogen-bond donors (Lipinski definition) is 1. The Morgan fingerprint density at radius 1 is 1.62 bits per heavy atom. The summed E-state index contributed by atoms with van der Waals surface area (Å²) >= 11 is 7.36. The van der Waals surface area contributed by atoms with E-state index in [-0.39, 0.29) is 0 Å². The second kappa shape index (κ2) is 5.26. The molecule has 6 heteroatoms. The molecule has 1 aromatic heterocycles. The summed E-state index contributed by atoms with van der Waals surface area (Å²) in [6.45, 7) is 0.658. The van der Waals surface area contributed by atoms with Crippen molar-refractivity contribution in [2.24, 2.45) is 0 Å². The Labute approximate surface area is 85.8 Å². The standard InChI is InChI=1S/C7H10ClN3OS/c1-12-2-3-13-7-5(8)6(9)10-4-11-7/h4H,2-3H2,1H3,(H2,9,10,11). The van der Waals surface area contributed by atoms with Gasteiger partial charge in [-0.15, -0.1) is 11.8 Å². The van der Waals surface area contributed by atoms with Crippen LogP contribution in [-0.4, -0.2) is 29.4 Å². The molecule has 0 radical (unpaired) electrons. The number of anilines is 1. The first-order valence-corrected chi connectivity index (χ1v) is 4.99. The minimum Gasteiger partial charge on any atom is -0.384 e. The van der Waals surface area contributed by atoms with Crippen LogP contribution in [0, 0.1) is 0 Å². The fraction of sp³-hybridized carbons (Fsp3) is 0.429. The van der Waals surface area contributed by atoms with Crippen LogP contribution in [0.3, 0.4) is 0 Å². The maximum atomic E-state index is 5.86. The summed E-state index contributed by atoms with van der Waals surface area (Å²) in [6, 6.07) is 0. The largest absolute Gasteiger partial charge is 0.384 e. The molecule has 0 amide bonds. The maximum Gasteiger partial charge on any atom is 0.146 e. The third-order valence-corrected chi connectivity index (χ3v) is 2.75. The van der Waals surface area contributed by atoms with E-state index in [0.29, 0.717) is 22.5 Å². The van der Waals surface area contributed by atoms with Crippen molar-refractivity contribution in [1.29, 1.82) is 0 Å². The fourth-order valence-corrected chi connectivity index (χ4v) is 1.75. The van der Waals surface area contributed by atoms with Gasteiger partial charge in [-0.05, 0) is 0 Å². The van der Waals surface area contributed by atoms with Crippen molar-refractivity contribution in [3.05, 3.63) is 11.3 Å². The highest BCUT2D eigenvalue weighted by Gasteiger charge is 2.05. The van der Waals surface area contributed by atoms with Crippen LogP contribution in [0.1, 0.15) is 0 Å². The van der Waals surface area contributed by atoms with Crippen LogP contribution < -0.4 is 5.73 Å². The number of halogens is 1. The molecule has 0 fully saturated rings. The van der Waals surface area contributed by atoms with Gasteiger partial charge in [-0.1, -0.05) is 11.6 Å². The lowest BCUT2D eigenvalue weighted by Crippen LogP contribution is -1.97. The van der Waals surface area contributed by atoms with E-state index < -0.39 is 0 Å². The molecule has 13 heavy (non-hydrogen) atoms. The number of hydrogen-bond acceptors (Lipinski definition) is 5. The average molecular weight is 220 g/mol. The number of methoxy groups -OCH3 is 1. The van der Waals surface area contributed by atoms with Gasteiger partial charge in [0.25, 0.3) is 0 Å². The molecular formula is C7H10ClN3OS. The topological polar surface area (TPSA) is 61.0 Å². The molecule has 1 rings (SSSR count). The molecule has 2 N–H and O–H groups in total. The highest BCUT2D eigenvalue weighted by molar-refractivity contribution is 7.99. The number of thioether (sulfide) groups is 1. The molecule has 0 aliphatic carbocycles. The monoisotopic (exact) mass is 219 g/mol. The molecule has 0 aliphatic heterocycles. The van der Waals surface area contributed by atoms with Crippen molar-refractivity contribution in [2.45, 2.75) is 5.03 Å². The predicted octanol–water partition coefficient (Wildman–Crippen LogP) is 1.45. The summed E-state index contributed by atoms with van der Waals surface area (Å²) in [5, 5.41) is 1.12. The first-order chi connectivity index (χ1) is 6.25. The molecule has 0 spiro atoms. The molecular weight excluding hydrogens is 210 g/mol. The highest BCUT2D eigenvalue weighted by Crippen LogP contribution is 2.27. The zero-order valence-corrected chi connectivity index (χ0v) is 8.73. The molecule has 4 nitrogen and oxygen atoms in total. The quantitative estimate of drug-likeness (QED) is 0.472. The van der Waals surface area contributed by atoms with Crippen LogP contribution in [0.25, 0.3) is 0 Å². The normalized spacial score (nSPS) is 10.3. The zero-order chi connectivity index (χ0) is 9.68. The van der Waals surface area contributed by atoms with E-state index in [0.717, 1.165) is 5.75 Å². The Hall–Kier alpha value is -0.520. The summed E-state index contributed by atoms with van der Waals surface area (Å²) < 4.78 is 4.90. The molecule has 0 atom stereocenters. The molecule has 0 bridgehead atoms. The van der Waals surface area contributed by atoms with Crippen LogP contribution in [0.5, 0.6) is 0 Å². The number of rotatable bonds is 4. The van der Waals surface area contributed by atoms with Crippen LogP contribution in [0.15, 0.2) is 11.4 Å². The van der Waals surface area contributed by atoms with E-state index >= 15 is 0 Å². The summed E-state index contributed by atoms with van der Waals surface area (Å²) in [7, 11) is 1.65. The average Bonchev–Trinajstić information content (AvgIpc) is 2.13. The number of nitrogens with zero attached hydrogens (tertiary/aromatic N) is 2. The minimum absolute atomic E-state index is 0.316. The lowest BCUT2D eigenvalue weighted by molar-refractivity contribution is 0.218. The molecule has 0 aliphatic rings. The van der Waals surface area contributed by atoms with Crippen molar-refractivity contribution >= 4 is 29.2 Å². The van der Waals surface area contributed by atoms with Gasteiger partial charge in [-0.25, -0.2) is 9.97 Å². The zero-order valence-electron chi connectivity index (χ0n) is 7.16. The number of nitrogen functional groups attached to an aromatic ring is 1. The third kappa shape index (κ3) is 3.02. The minimum atomic E-state index is 0.316. The molecule has 0 aromatic carbocycles. The van der Waals surface area contributed by atoms with Crippen molar-refractivity contribution in [3.63, 3.8) is 0 Å². The molecule has 0 saturated heterocycles. The third-order valence-electron chi connectivity index (χ3n) is 1.31. The van der Waals surface area contributed by atoms with Gasteiger partial charge < -0.3 is 10.5 Å². The molecule has 1 heterocycles. The Kier molecular flexibility index (Phi) is 4.27. The Morgan fingerprint density at radius 3 is 3.08 bits per heavy atom. The summed E-state index contributed by atoms with van der Waals surface area (Å²) in [5.74, 6) is 1.11. The van der Waals surface area contributed by atoms with Gasteiger partial charge in [0.1, 0.15) is 22.2 Å². The molecule has 0 unspecified atom stereocenters. The van der Waals surface area contributed by atoms with Crippen molar-refractivity contribution in [3.8, 4) is 0 Å². The van der Waals surface area contributed by atoms with Gasteiger partial charge in [0, 0.05) is 12.9 Å². The first-order valence-electron chi connectivity index (χ1n) is 3.63. The number of ether oxygens (including phenoxy) is 1. The van der Waals surface area contributed by atoms with E-state index in [1.165, 1.54) is 18.1 Å².